The van der Waals surface area contributed by atoms with Crippen molar-refractivity contribution in [1.82, 2.24) is 0 Å². The third kappa shape index (κ3) is 6.18. The summed E-state index contributed by atoms with van der Waals surface area (Å²) in [6, 6.07) is 81.4. The Bertz CT molecular complexity index is 3430. The summed E-state index contributed by atoms with van der Waals surface area (Å²) in [6.45, 7) is 0. The van der Waals surface area contributed by atoms with Gasteiger partial charge < -0.3 is 9.32 Å². The zero-order chi connectivity index (χ0) is 40.3. The lowest BCUT2D eigenvalue weighted by molar-refractivity contribution is 0.669. The first kappa shape index (κ1) is 35.2. The Morgan fingerprint density at radius 2 is 0.852 bits per heavy atom. The maximum Gasteiger partial charge on any atom is 0.135 e. The first-order chi connectivity index (χ1) is 30.2. The van der Waals surface area contributed by atoms with Gasteiger partial charge in [0.15, 0.2) is 0 Å². The molecular weight excluding hydrogens is 759 g/mol. The number of hydrogen-bond acceptors (Lipinski definition) is 3. The van der Waals surface area contributed by atoms with Crippen LogP contribution in [-0.4, -0.2) is 0 Å². The first-order valence-electron chi connectivity index (χ1n) is 20.7. The van der Waals surface area contributed by atoms with Crippen molar-refractivity contribution < 1.29 is 4.42 Å². The Kier molecular flexibility index (Phi) is 8.39. The molecule has 0 saturated heterocycles. The van der Waals surface area contributed by atoms with Crippen LogP contribution in [0.15, 0.2) is 229 Å². The summed E-state index contributed by atoms with van der Waals surface area (Å²) < 4.78 is 8.79. The quantitative estimate of drug-likeness (QED) is 0.160. The van der Waals surface area contributed by atoms with E-state index < -0.39 is 0 Å². The van der Waals surface area contributed by atoms with Crippen LogP contribution in [0.2, 0.25) is 0 Å². The van der Waals surface area contributed by atoms with Gasteiger partial charge in [-0.2, -0.15) is 0 Å². The van der Waals surface area contributed by atoms with E-state index in [1.54, 1.807) is 0 Å². The molecule has 0 amide bonds. The van der Waals surface area contributed by atoms with Crippen LogP contribution >= 0.6 is 11.3 Å². The topological polar surface area (TPSA) is 16.4 Å². The molecule has 2 nitrogen and oxygen atoms in total. The van der Waals surface area contributed by atoms with Crippen LogP contribution < -0.4 is 4.90 Å². The fraction of sp³-hybridized carbons (Fsp3) is 0. The molecule has 286 valence electrons. The van der Waals surface area contributed by atoms with Gasteiger partial charge in [-0.25, -0.2) is 0 Å². The number of rotatable bonds is 7. The van der Waals surface area contributed by atoms with E-state index >= 15 is 0 Å². The highest BCUT2D eigenvalue weighted by Gasteiger charge is 2.19. The molecule has 2 aromatic heterocycles. The summed E-state index contributed by atoms with van der Waals surface area (Å²) in [5.74, 6) is 0. The van der Waals surface area contributed by atoms with Gasteiger partial charge >= 0.3 is 0 Å². The Labute approximate surface area is 357 Å². The number of anilines is 3. The molecular formula is C58H37NOS. The molecule has 0 radical (unpaired) electrons. The van der Waals surface area contributed by atoms with E-state index in [0.717, 1.165) is 61.3 Å². The van der Waals surface area contributed by atoms with Gasteiger partial charge in [-0.15, -0.1) is 11.3 Å². The van der Waals surface area contributed by atoms with Gasteiger partial charge in [0.1, 0.15) is 11.2 Å². The fourth-order valence-electron chi connectivity index (χ4n) is 9.09. The van der Waals surface area contributed by atoms with E-state index in [9.17, 15) is 0 Å². The molecule has 0 bridgehead atoms. The molecule has 0 aliphatic heterocycles. The second-order valence-corrected chi connectivity index (χ2v) is 16.8. The van der Waals surface area contributed by atoms with Gasteiger partial charge in [-0.1, -0.05) is 152 Å². The van der Waals surface area contributed by atoms with Crippen molar-refractivity contribution in [2.24, 2.45) is 0 Å². The number of benzene rings is 10. The molecule has 3 heteroatoms. The van der Waals surface area contributed by atoms with Crippen LogP contribution in [0.25, 0.3) is 97.4 Å². The minimum Gasteiger partial charge on any atom is -0.456 e. The fourth-order valence-corrected chi connectivity index (χ4v) is 10.2. The SMILES string of the molecule is c1cc(-c2ccccc2N(c2ccc(-c3ccc4oc5ccccc5c4c3)cc2)c2ccc(-c3ccc4sc5ccccc5c4c3)cc2)cc(-c2cccc3ccccc23)c1. The van der Waals surface area contributed by atoms with E-state index in [1.165, 1.54) is 53.2 Å². The van der Waals surface area contributed by atoms with Crippen molar-refractivity contribution >= 4 is 81.3 Å². The van der Waals surface area contributed by atoms with Crippen molar-refractivity contribution in [2.75, 3.05) is 4.90 Å². The van der Waals surface area contributed by atoms with Crippen LogP contribution in [0.4, 0.5) is 17.1 Å². The summed E-state index contributed by atoms with van der Waals surface area (Å²) in [7, 11) is 0. The number of hydrogen-bond donors (Lipinski definition) is 0. The number of thiophene rings is 1. The first-order valence-corrected chi connectivity index (χ1v) is 21.5. The average molecular weight is 796 g/mol. The average Bonchev–Trinajstić information content (AvgIpc) is 3.90. The lowest BCUT2D eigenvalue weighted by Crippen LogP contribution is -2.11. The Morgan fingerprint density at radius 3 is 1.66 bits per heavy atom. The Hall–Kier alpha value is -7.72. The second-order valence-electron chi connectivity index (χ2n) is 15.7. The van der Waals surface area contributed by atoms with Crippen molar-refractivity contribution in [2.45, 2.75) is 0 Å². The van der Waals surface area contributed by atoms with Crippen LogP contribution in [0.5, 0.6) is 0 Å². The molecule has 0 saturated carbocycles. The molecule has 0 aliphatic rings. The summed E-state index contributed by atoms with van der Waals surface area (Å²) in [6.07, 6.45) is 0. The highest BCUT2D eigenvalue weighted by Crippen LogP contribution is 2.44. The van der Waals surface area contributed by atoms with Gasteiger partial charge in [0, 0.05) is 47.9 Å². The van der Waals surface area contributed by atoms with Crippen molar-refractivity contribution in [3.05, 3.63) is 224 Å². The second kappa shape index (κ2) is 14.5. The molecule has 10 aromatic carbocycles. The molecule has 0 N–H and O–H groups in total. The van der Waals surface area contributed by atoms with Crippen LogP contribution in [0.3, 0.4) is 0 Å². The van der Waals surface area contributed by atoms with Crippen LogP contribution in [0, 0.1) is 0 Å². The standard InChI is InChI=1S/C58H37NOS/c1-2-15-47-40(11-1)12-10-19-48(47)43-13-9-14-44(35-43)49-16-3-6-20-54(49)59(45-29-23-38(24-30-45)41-27-33-56-52(36-41)50-17-4-7-21-55(50)60-56)46-31-25-39(26-32-46)42-28-34-58-53(37-42)51-18-5-8-22-57(51)61-58/h1-37H. The van der Waals surface area contributed by atoms with Crippen LogP contribution in [-0.2, 0) is 0 Å². The molecule has 2 heterocycles. The van der Waals surface area contributed by atoms with Gasteiger partial charge in [0.2, 0.25) is 0 Å². The van der Waals surface area contributed by atoms with E-state index in [4.69, 9.17) is 4.42 Å². The molecule has 61 heavy (non-hydrogen) atoms. The van der Waals surface area contributed by atoms with Gasteiger partial charge in [0.25, 0.3) is 0 Å². The number of furan rings is 1. The number of fused-ring (bicyclic) bond motifs is 7. The predicted molar refractivity (Wildman–Crippen MR) is 261 cm³/mol. The molecule has 12 aromatic rings. The lowest BCUT2D eigenvalue weighted by Gasteiger charge is -2.28. The Morgan fingerprint density at radius 1 is 0.311 bits per heavy atom. The minimum atomic E-state index is 0.904. The molecule has 0 aliphatic carbocycles. The highest BCUT2D eigenvalue weighted by atomic mass is 32.1. The molecule has 0 atom stereocenters. The number of nitrogens with zero attached hydrogens (tertiary/aromatic N) is 1. The van der Waals surface area contributed by atoms with Crippen molar-refractivity contribution in [3.8, 4) is 44.5 Å². The third-order valence-corrected chi connectivity index (χ3v) is 13.2. The maximum absolute atomic E-state index is 6.15. The summed E-state index contributed by atoms with van der Waals surface area (Å²) in [5.41, 5.74) is 14.5. The molecule has 0 spiro atoms. The monoisotopic (exact) mass is 795 g/mol. The zero-order valence-electron chi connectivity index (χ0n) is 33.1. The largest absolute Gasteiger partial charge is 0.456 e. The highest BCUT2D eigenvalue weighted by molar-refractivity contribution is 7.25. The molecule has 0 unspecified atom stereocenters. The van der Waals surface area contributed by atoms with Crippen molar-refractivity contribution in [1.29, 1.82) is 0 Å². The predicted octanol–water partition coefficient (Wildman–Crippen LogP) is 17.2. The summed E-state index contributed by atoms with van der Waals surface area (Å²) in [4.78, 5) is 2.40. The normalized spacial score (nSPS) is 11.6. The van der Waals surface area contributed by atoms with E-state index in [-0.39, 0.29) is 0 Å². The van der Waals surface area contributed by atoms with Gasteiger partial charge in [0.05, 0.1) is 5.69 Å². The van der Waals surface area contributed by atoms with E-state index in [2.05, 4.69) is 217 Å². The van der Waals surface area contributed by atoms with E-state index in [1.807, 2.05) is 23.5 Å². The van der Waals surface area contributed by atoms with E-state index in [0.29, 0.717) is 0 Å². The van der Waals surface area contributed by atoms with Crippen LogP contribution in [0.1, 0.15) is 0 Å². The molecule has 0 fully saturated rings. The summed E-state index contributed by atoms with van der Waals surface area (Å²) in [5, 5.41) is 7.38. The third-order valence-electron chi connectivity index (χ3n) is 12.1. The maximum atomic E-state index is 6.15. The zero-order valence-corrected chi connectivity index (χ0v) is 33.9. The smallest absolute Gasteiger partial charge is 0.135 e. The molecule has 12 rings (SSSR count). The van der Waals surface area contributed by atoms with Gasteiger partial charge in [-0.3, -0.25) is 0 Å². The van der Waals surface area contributed by atoms with Gasteiger partial charge in [-0.05, 0) is 123 Å². The minimum absolute atomic E-state index is 0.904. The Balaban J connectivity index is 0.971. The number of para-hydroxylation sites is 2. The summed E-state index contributed by atoms with van der Waals surface area (Å²) >= 11 is 1.86. The lowest BCUT2D eigenvalue weighted by atomic mass is 9.94. The van der Waals surface area contributed by atoms with Crippen molar-refractivity contribution in [3.63, 3.8) is 0 Å².